The van der Waals surface area contributed by atoms with Crippen molar-refractivity contribution in [3.05, 3.63) is 23.7 Å². The van der Waals surface area contributed by atoms with Gasteiger partial charge in [0, 0.05) is 7.05 Å². The Balaban J connectivity index is 2.53. The molecular weight excluding hydrogens is 232 g/mol. The van der Waals surface area contributed by atoms with Gasteiger partial charge in [-0.3, -0.25) is 4.31 Å². The molecule has 0 unspecified atom stereocenters. The van der Waals surface area contributed by atoms with Crippen LogP contribution in [-0.2, 0) is 10.0 Å². The Labute approximate surface area is 92.2 Å². The van der Waals surface area contributed by atoms with Crippen LogP contribution >= 0.6 is 11.3 Å². The average Bonchev–Trinajstić information content (AvgIpc) is 2.61. The van der Waals surface area contributed by atoms with Crippen LogP contribution in [0.25, 0.3) is 10.2 Å². The highest BCUT2D eigenvalue weighted by molar-refractivity contribution is 7.92. The number of thiazole rings is 1. The molecule has 1 aromatic carbocycles. The molecule has 0 N–H and O–H groups in total. The van der Waals surface area contributed by atoms with Crippen LogP contribution in [0.4, 0.5) is 5.69 Å². The van der Waals surface area contributed by atoms with Crippen molar-refractivity contribution in [3.8, 4) is 0 Å². The van der Waals surface area contributed by atoms with E-state index in [0.29, 0.717) is 5.69 Å². The molecule has 0 bridgehead atoms. The number of nitrogens with zero attached hydrogens (tertiary/aromatic N) is 2. The molecule has 0 saturated carbocycles. The standard InChI is InChI=1S/C9H10N2O2S2/c1-11(15(2,12)13)7-3-4-8-9(5-7)14-6-10-8/h3-6H,1-2H3. The summed E-state index contributed by atoms with van der Waals surface area (Å²) in [7, 11) is -1.65. The van der Waals surface area contributed by atoms with Crippen molar-refractivity contribution in [2.75, 3.05) is 17.6 Å². The topological polar surface area (TPSA) is 50.3 Å². The molecule has 0 fully saturated rings. The summed E-state index contributed by atoms with van der Waals surface area (Å²) in [6.45, 7) is 0. The Morgan fingerprint density at radius 1 is 1.40 bits per heavy atom. The van der Waals surface area contributed by atoms with Gasteiger partial charge < -0.3 is 0 Å². The predicted octanol–water partition coefficient (Wildman–Crippen LogP) is 1.69. The summed E-state index contributed by atoms with van der Waals surface area (Å²) < 4.78 is 24.9. The minimum atomic E-state index is -3.19. The van der Waals surface area contributed by atoms with Crippen LogP contribution in [0.5, 0.6) is 0 Å². The van der Waals surface area contributed by atoms with E-state index in [2.05, 4.69) is 4.98 Å². The minimum Gasteiger partial charge on any atom is -0.273 e. The summed E-state index contributed by atoms with van der Waals surface area (Å²) >= 11 is 1.50. The van der Waals surface area contributed by atoms with Gasteiger partial charge in [0.2, 0.25) is 10.0 Å². The van der Waals surface area contributed by atoms with Crippen LogP contribution in [0.1, 0.15) is 0 Å². The Morgan fingerprint density at radius 2 is 2.13 bits per heavy atom. The van der Waals surface area contributed by atoms with E-state index < -0.39 is 10.0 Å². The number of sulfonamides is 1. The monoisotopic (exact) mass is 242 g/mol. The fourth-order valence-corrected chi connectivity index (χ4v) is 2.44. The van der Waals surface area contributed by atoms with E-state index >= 15 is 0 Å². The van der Waals surface area contributed by atoms with Crippen molar-refractivity contribution >= 4 is 37.3 Å². The first-order valence-corrected chi connectivity index (χ1v) is 6.98. The first-order valence-electron chi connectivity index (χ1n) is 4.25. The maximum absolute atomic E-state index is 11.3. The van der Waals surface area contributed by atoms with E-state index in [4.69, 9.17) is 0 Å². The highest BCUT2D eigenvalue weighted by atomic mass is 32.2. The fraction of sp³-hybridized carbons (Fsp3) is 0.222. The molecule has 1 aromatic heterocycles. The van der Waals surface area contributed by atoms with Gasteiger partial charge in [-0.05, 0) is 18.2 Å². The Kier molecular flexibility index (Phi) is 2.40. The van der Waals surface area contributed by atoms with Crippen LogP contribution in [-0.4, -0.2) is 26.7 Å². The van der Waals surface area contributed by atoms with Crippen LogP contribution in [0.15, 0.2) is 23.7 Å². The third-order valence-corrected chi connectivity index (χ3v) is 4.17. The summed E-state index contributed by atoms with van der Waals surface area (Å²) in [5, 5.41) is 0. The molecule has 0 aliphatic rings. The number of aromatic nitrogens is 1. The molecule has 0 spiro atoms. The van der Waals surface area contributed by atoms with E-state index in [1.54, 1.807) is 11.6 Å². The van der Waals surface area contributed by atoms with Crippen molar-refractivity contribution < 1.29 is 8.42 Å². The van der Waals surface area contributed by atoms with Crippen molar-refractivity contribution in [1.82, 2.24) is 4.98 Å². The number of hydrogen-bond donors (Lipinski definition) is 0. The highest BCUT2D eigenvalue weighted by Crippen LogP contribution is 2.24. The Morgan fingerprint density at radius 3 is 2.80 bits per heavy atom. The predicted molar refractivity (Wildman–Crippen MR) is 62.9 cm³/mol. The van der Waals surface area contributed by atoms with Crippen molar-refractivity contribution in [3.63, 3.8) is 0 Å². The lowest BCUT2D eigenvalue weighted by atomic mass is 10.3. The van der Waals surface area contributed by atoms with Gasteiger partial charge in [0.1, 0.15) is 0 Å². The zero-order chi connectivity index (χ0) is 11.1. The third-order valence-electron chi connectivity index (χ3n) is 2.18. The molecule has 1 heterocycles. The minimum absolute atomic E-state index is 0.661. The van der Waals surface area contributed by atoms with Gasteiger partial charge >= 0.3 is 0 Å². The van der Waals surface area contributed by atoms with Crippen LogP contribution < -0.4 is 4.31 Å². The first-order chi connectivity index (χ1) is 6.98. The maximum Gasteiger partial charge on any atom is 0.231 e. The number of rotatable bonds is 2. The lowest BCUT2D eigenvalue weighted by Crippen LogP contribution is -2.24. The fourth-order valence-electron chi connectivity index (χ4n) is 1.23. The molecule has 0 atom stereocenters. The largest absolute Gasteiger partial charge is 0.273 e. The van der Waals surface area contributed by atoms with Gasteiger partial charge in [-0.25, -0.2) is 13.4 Å². The molecule has 0 amide bonds. The van der Waals surface area contributed by atoms with E-state index in [-0.39, 0.29) is 0 Å². The summed E-state index contributed by atoms with van der Waals surface area (Å²) in [6, 6.07) is 5.40. The molecule has 2 rings (SSSR count). The second-order valence-electron chi connectivity index (χ2n) is 3.23. The first kappa shape index (κ1) is 10.4. The van der Waals surface area contributed by atoms with Gasteiger partial charge in [-0.2, -0.15) is 0 Å². The van der Waals surface area contributed by atoms with Crippen LogP contribution in [0.2, 0.25) is 0 Å². The molecular formula is C9H10N2O2S2. The molecule has 0 aliphatic heterocycles. The molecule has 6 heteroatoms. The smallest absolute Gasteiger partial charge is 0.231 e. The number of benzene rings is 1. The second-order valence-corrected chi connectivity index (χ2v) is 6.13. The maximum atomic E-state index is 11.3. The third kappa shape index (κ3) is 1.95. The molecule has 0 aliphatic carbocycles. The Bertz CT molecular complexity index is 589. The van der Waals surface area contributed by atoms with E-state index in [1.807, 2.05) is 12.1 Å². The zero-order valence-corrected chi connectivity index (χ0v) is 9.97. The summed E-state index contributed by atoms with van der Waals surface area (Å²) in [5.74, 6) is 0. The quantitative estimate of drug-likeness (QED) is 0.805. The normalized spacial score (nSPS) is 11.9. The van der Waals surface area contributed by atoms with E-state index in [1.165, 1.54) is 28.9 Å². The molecule has 2 aromatic rings. The van der Waals surface area contributed by atoms with Crippen LogP contribution in [0.3, 0.4) is 0 Å². The molecule has 0 saturated heterocycles. The molecule has 4 nitrogen and oxygen atoms in total. The summed E-state index contributed by atoms with van der Waals surface area (Å²) in [5.41, 5.74) is 3.30. The second kappa shape index (κ2) is 3.46. The molecule has 0 radical (unpaired) electrons. The van der Waals surface area contributed by atoms with E-state index in [9.17, 15) is 8.42 Å². The summed E-state index contributed by atoms with van der Waals surface area (Å²) in [4.78, 5) is 4.13. The lowest BCUT2D eigenvalue weighted by Gasteiger charge is -2.16. The Hall–Kier alpha value is -1.14. The van der Waals surface area contributed by atoms with Crippen molar-refractivity contribution in [2.24, 2.45) is 0 Å². The average molecular weight is 242 g/mol. The number of fused-ring (bicyclic) bond motifs is 1. The SMILES string of the molecule is CN(c1ccc2ncsc2c1)S(C)(=O)=O. The molecule has 80 valence electrons. The van der Waals surface area contributed by atoms with Crippen molar-refractivity contribution in [1.29, 1.82) is 0 Å². The molecule has 15 heavy (non-hydrogen) atoms. The van der Waals surface area contributed by atoms with Crippen molar-refractivity contribution in [2.45, 2.75) is 0 Å². The van der Waals surface area contributed by atoms with Gasteiger partial charge in [0.15, 0.2) is 0 Å². The number of hydrogen-bond acceptors (Lipinski definition) is 4. The van der Waals surface area contributed by atoms with Crippen LogP contribution in [0, 0.1) is 0 Å². The van der Waals surface area contributed by atoms with Gasteiger partial charge in [0.05, 0.1) is 27.7 Å². The summed E-state index contributed by atoms with van der Waals surface area (Å²) in [6.07, 6.45) is 1.18. The van der Waals surface area contributed by atoms with Gasteiger partial charge in [-0.15, -0.1) is 11.3 Å². The van der Waals surface area contributed by atoms with Gasteiger partial charge in [0.25, 0.3) is 0 Å². The van der Waals surface area contributed by atoms with Gasteiger partial charge in [-0.1, -0.05) is 0 Å². The number of anilines is 1. The lowest BCUT2D eigenvalue weighted by molar-refractivity contribution is 0.600. The van der Waals surface area contributed by atoms with E-state index in [0.717, 1.165) is 10.2 Å². The highest BCUT2D eigenvalue weighted by Gasteiger charge is 2.12. The zero-order valence-electron chi connectivity index (χ0n) is 8.34.